The van der Waals surface area contributed by atoms with Gasteiger partial charge in [-0.3, -0.25) is 14.6 Å². The van der Waals surface area contributed by atoms with E-state index in [1.54, 1.807) is 11.1 Å². The number of carbonyl (C=O) groups excluding carboxylic acids is 2. The zero-order valence-corrected chi connectivity index (χ0v) is 14.1. The minimum atomic E-state index is -0.328. The van der Waals surface area contributed by atoms with E-state index in [9.17, 15) is 9.59 Å². The summed E-state index contributed by atoms with van der Waals surface area (Å²) in [5.74, 6) is 0.0915. The monoisotopic (exact) mass is 335 g/mol. The first kappa shape index (κ1) is 15.8. The van der Waals surface area contributed by atoms with Gasteiger partial charge in [0.15, 0.2) is 0 Å². The van der Waals surface area contributed by atoms with Crippen LogP contribution in [0.1, 0.15) is 29.7 Å². The van der Waals surface area contributed by atoms with Gasteiger partial charge in [0.05, 0.1) is 18.7 Å². The Kier molecular flexibility index (Phi) is 4.22. The predicted molar refractivity (Wildman–Crippen MR) is 93.4 cm³/mol. The van der Waals surface area contributed by atoms with Crippen molar-refractivity contribution in [2.75, 3.05) is 6.54 Å². The van der Waals surface area contributed by atoms with Crippen LogP contribution in [0, 0.1) is 0 Å². The SMILES string of the molecule is O=C(C1CCCN1C(=O)Cc1ccccc1)N1Cc2cccnc2C1. The van der Waals surface area contributed by atoms with Gasteiger partial charge in [-0.2, -0.15) is 0 Å². The molecule has 1 saturated heterocycles. The van der Waals surface area contributed by atoms with E-state index in [0.717, 1.165) is 29.7 Å². The van der Waals surface area contributed by atoms with Crippen molar-refractivity contribution in [2.45, 2.75) is 38.4 Å². The normalized spacial score (nSPS) is 19.1. The summed E-state index contributed by atoms with van der Waals surface area (Å²) in [6, 6.07) is 13.3. The second-order valence-electron chi connectivity index (χ2n) is 6.71. The maximum absolute atomic E-state index is 13.0. The van der Waals surface area contributed by atoms with Crippen LogP contribution in [0.5, 0.6) is 0 Å². The molecule has 1 unspecified atom stereocenters. The number of pyridine rings is 1. The summed E-state index contributed by atoms with van der Waals surface area (Å²) in [4.78, 5) is 33.6. The molecule has 1 aromatic carbocycles. The zero-order chi connectivity index (χ0) is 17.2. The van der Waals surface area contributed by atoms with Crippen molar-refractivity contribution < 1.29 is 9.59 Å². The van der Waals surface area contributed by atoms with Crippen LogP contribution >= 0.6 is 0 Å². The smallest absolute Gasteiger partial charge is 0.246 e. The van der Waals surface area contributed by atoms with Crippen molar-refractivity contribution in [1.82, 2.24) is 14.8 Å². The Morgan fingerprint density at radius 1 is 1.08 bits per heavy atom. The first-order chi connectivity index (χ1) is 12.2. The highest BCUT2D eigenvalue weighted by Gasteiger charge is 2.38. The number of amides is 2. The molecule has 0 aliphatic carbocycles. The van der Waals surface area contributed by atoms with Gasteiger partial charge in [-0.15, -0.1) is 0 Å². The molecule has 5 nitrogen and oxygen atoms in total. The van der Waals surface area contributed by atoms with Gasteiger partial charge in [-0.1, -0.05) is 36.4 Å². The molecular weight excluding hydrogens is 314 g/mol. The Morgan fingerprint density at radius 2 is 1.92 bits per heavy atom. The van der Waals surface area contributed by atoms with Gasteiger partial charge in [0.1, 0.15) is 6.04 Å². The first-order valence-electron chi connectivity index (χ1n) is 8.77. The van der Waals surface area contributed by atoms with Gasteiger partial charge in [0, 0.05) is 19.3 Å². The van der Waals surface area contributed by atoms with E-state index in [2.05, 4.69) is 4.98 Å². The summed E-state index contributed by atoms with van der Waals surface area (Å²) in [6.07, 6.45) is 3.75. The lowest BCUT2D eigenvalue weighted by Gasteiger charge is -2.27. The number of hydrogen-bond acceptors (Lipinski definition) is 3. The Hall–Kier alpha value is -2.69. The second-order valence-corrected chi connectivity index (χ2v) is 6.71. The molecule has 1 atom stereocenters. The Labute approximate surface area is 147 Å². The van der Waals surface area contributed by atoms with Gasteiger partial charge in [-0.25, -0.2) is 0 Å². The van der Waals surface area contributed by atoms with E-state index < -0.39 is 0 Å². The number of likely N-dealkylation sites (tertiary alicyclic amines) is 1. The number of hydrogen-bond donors (Lipinski definition) is 0. The number of benzene rings is 1. The molecule has 1 aromatic heterocycles. The molecule has 0 saturated carbocycles. The molecule has 128 valence electrons. The number of aromatic nitrogens is 1. The Balaban J connectivity index is 1.45. The lowest BCUT2D eigenvalue weighted by Crippen LogP contribution is -2.46. The average molecular weight is 335 g/mol. The van der Waals surface area contributed by atoms with Crippen LogP contribution < -0.4 is 0 Å². The summed E-state index contributed by atoms with van der Waals surface area (Å²) in [6.45, 7) is 1.81. The van der Waals surface area contributed by atoms with Crippen LogP contribution in [-0.4, -0.2) is 39.2 Å². The number of carbonyl (C=O) groups is 2. The Morgan fingerprint density at radius 3 is 2.72 bits per heavy atom. The zero-order valence-electron chi connectivity index (χ0n) is 14.1. The average Bonchev–Trinajstić information content (AvgIpc) is 3.29. The standard InChI is InChI=1S/C20H21N3O2/c24-19(12-15-6-2-1-3-7-15)23-11-5-9-18(23)20(25)22-13-16-8-4-10-21-17(16)14-22/h1-4,6-8,10,18H,5,9,11-14H2. The van der Waals surface area contributed by atoms with Gasteiger partial charge in [0.2, 0.25) is 11.8 Å². The largest absolute Gasteiger partial charge is 0.331 e. The van der Waals surface area contributed by atoms with E-state index in [1.807, 2.05) is 47.4 Å². The quantitative estimate of drug-likeness (QED) is 0.864. The van der Waals surface area contributed by atoms with Crippen LogP contribution in [0.25, 0.3) is 0 Å². The van der Waals surface area contributed by atoms with Crippen molar-refractivity contribution in [3.05, 3.63) is 65.5 Å². The number of nitrogens with zero attached hydrogens (tertiary/aromatic N) is 3. The lowest BCUT2D eigenvalue weighted by molar-refractivity contribution is -0.143. The Bertz CT molecular complexity index is 766. The maximum Gasteiger partial charge on any atom is 0.246 e. The van der Waals surface area contributed by atoms with E-state index in [1.165, 1.54) is 0 Å². The number of fused-ring (bicyclic) bond motifs is 1. The van der Waals surface area contributed by atoms with Crippen LogP contribution in [0.2, 0.25) is 0 Å². The molecule has 25 heavy (non-hydrogen) atoms. The summed E-state index contributed by atoms with van der Waals surface area (Å²) in [5, 5.41) is 0. The fraction of sp³-hybridized carbons (Fsp3) is 0.350. The third-order valence-electron chi connectivity index (χ3n) is 5.05. The van der Waals surface area contributed by atoms with E-state index in [0.29, 0.717) is 26.1 Å². The van der Waals surface area contributed by atoms with Crippen LogP contribution in [0.3, 0.4) is 0 Å². The van der Waals surface area contributed by atoms with E-state index in [-0.39, 0.29) is 17.9 Å². The molecule has 2 aromatic rings. The molecule has 4 rings (SSSR count). The highest BCUT2D eigenvalue weighted by Crippen LogP contribution is 2.26. The molecule has 2 aliphatic heterocycles. The maximum atomic E-state index is 13.0. The van der Waals surface area contributed by atoms with Crippen molar-refractivity contribution >= 4 is 11.8 Å². The molecule has 2 amide bonds. The van der Waals surface area contributed by atoms with Crippen molar-refractivity contribution in [3.63, 3.8) is 0 Å². The minimum absolute atomic E-state index is 0.0388. The van der Waals surface area contributed by atoms with Crippen molar-refractivity contribution in [2.24, 2.45) is 0 Å². The predicted octanol–water partition coefficient (Wildman–Crippen LogP) is 2.16. The first-order valence-corrected chi connectivity index (χ1v) is 8.77. The molecule has 3 heterocycles. The molecule has 2 aliphatic rings. The van der Waals surface area contributed by atoms with Crippen LogP contribution in [0.15, 0.2) is 48.7 Å². The third kappa shape index (κ3) is 3.14. The second kappa shape index (κ2) is 6.67. The molecule has 0 bridgehead atoms. The van der Waals surface area contributed by atoms with E-state index in [4.69, 9.17) is 0 Å². The van der Waals surface area contributed by atoms with E-state index >= 15 is 0 Å². The van der Waals surface area contributed by atoms with Crippen LogP contribution in [-0.2, 0) is 29.1 Å². The fourth-order valence-corrected chi connectivity index (χ4v) is 3.76. The van der Waals surface area contributed by atoms with Crippen molar-refractivity contribution in [3.8, 4) is 0 Å². The van der Waals surface area contributed by atoms with Crippen molar-refractivity contribution in [1.29, 1.82) is 0 Å². The molecule has 0 spiro atoms. The molecule has 5 heteroatoms. The molecule has 1 fully saturated rings. The lowest BCUT2D eigenvalue weighted by atomic mass is 10.1. The van der Waals surface area contributed by atoms with Gasteiger partial charge < -0.3 is 9.80 Å². The van der Waals surface area contributed by atoms with Gasteiger partial charge in [-0.05, 0) is 30.0 Å². The topological polar surface area (TPSA) is 53.5 Å². The highest BCUT2D eigenvalue weighted by atomic mass is 16.2. The summed E-state index contributed by atoms with van der Waals surface area (Å²) >= 11 is 0. The minimum Gasteiger partial charge on any atom is -0.331 e. The molecule has 0 radical (unpaired) electrons. The van der Waals surface area contributed by atoms with Gasteiger partial charge in [0.25, 0.3) is 0 Å². The van der Waals surface area contributed by atoms with Gasteiger partial charge >= 0.3 is 0 Å². The molecular formula is C20H21N3O2. The summed E-state index contributed by atoms with van der Waals surface area (Å²) in [7, 11) is 0. The molecule has 0 N–H and O–H groups in total. The highest BCUT2D eigenvalue weighted by molar-refractivity contribution is 5.89. The summed E-state index contributed by atoms with van der Waals surface area (Å²) in [5.41, 5.74) is 3.07. The number of rotatable bonds is 3. The fourth-order valence-electron chi connectivity index (χ4n) is 3.76. The summed E-state index contributed by atoms with van der Waals surface area (Å²) < 4.78 is 0. The van der Waals surface area contributed by atoms with Crippen LogP contribution in [0.4, 0.5) is 0 Å². The third-order valence-corrected chi connectivity index (χ3v) is 5.05.